The molecule has 0 amide bonds. The van der Waals surface area contributed by atoms with Crippen molar-refractivity contribution in [3.63, 3.8) is 0 Å². The number of hydrogen-bond acceptors (Lipinski definition) is 2. The zero-order valence-corrected chi connectivity index (χ0v) is 12.8. The van der Waals surface area contributed by atoms with Gasteiger partial charge in [0, 0.05) is 17.6 Å². The maximum Gasteiger partial charge on any atom is 0.114 e. The number of anilines is 1. The van der Waals surface area contributed by atoms with Crippen molar-refractivity contribution in [1.82, 2.24) is 9.55 Å². The van der Waals surface area contributed by atoms with E-state index in [-0.39, 0.29) is 5.54 Å². The Balaban J connectivity index is 2.13. The number of rotatable bonds is 2. The molecule has 0 aliphatic rings. The van der Waals surface area contributed by atoms with E-state index in [0.717, 1.165) is 23.4 Å². The van der Waals surface area contributed by atoms with E-state index in [1.54, 1.807) is 0 Å². The molecular formula is C18H21N3. The highest BCUT2D eigenvalue weighted by Gasteiger charge is 2.21. The molecule has 0 saturated heterocycles. The molecule has 3 heteroatoms. The molecule has 1 aromatic heterocycles. The van der Waals surface area contributed by atoms with E-state index in [2.05, 4.69) is 49.6 Å². The summed E-state index contributed by atoms with van der Waals surface area (Å²) in [5, 5.41) is 0. The van der Waals surface area contributed by atoms with Crippen LogP contribution >= 0.6 is 0 Å². The summed E-state index contributed by atoms with van der Waals surface area (Å²) in [7, 11) is 0. The van der Waals surface area contributed by atoms with Gasteiger partial charge in [0.05, 0.1) is 11.0 Å². The molecule has 108 valence electrons. The lowest BCUT2D eigenvalue weighted by atomic mass is 10.1. The standard InChI is InChI=1S/C18H21N3/c1-18(2,3)21-16-10-5-4-9-15(16)20-17(21)12-13-7-6-8-14(19)11-13/h4-11H,12,19H2,1-3H3. The summed E-state index contributed by atoms with van der Waals surface area (Å²) in [5.74, 6) is 1.08. The van der Waals surface area contributed by atoms with E-state index in [0.29, 0.717) is 0 Å². The molecule has 0 radical (unpaired) electrons. The van der Waals surface area contributed by atoms with Crippen LogP contribution in [0.5, 0.6) is 0 Å². The van der Waals surface area contributed by atoms with Crippen LogP contribution in [0, 0.1) is 0 Å². The van der Waals surface area contributed by atoms with E-state index in [1.165, 1.54) is 11.1 Å². The van der Waals surface area contributed by atoms with Gasteiger partial charge in [-0.25, -0.2) is 4.98 Å². The molecule has 21 heavy (non-hydrogen) atoms. The first-order valence-corrected chi connectivity index (χ1v) is 7.26. The zero-order chi connectivity index (χ0) is 15.0. The van der Waals surface area contributed by atoms with Gasteiger partial charge in [-0.3, -0.25) is 0 Å². The largest absolute Gasteiger partial charge is 0.399 e. The summed E-state index contributed by atoms with van der Waals surface area (Å²) in [6.45, 7) is 6.64. The summed E-state index contributed by atoms with van der Waals surface area (Å²) in [6, 6.07) is 16.3. The van der Waals surface area contributed by atoms with Gasteiger partial charge in [-0.1, -0.05) is 24.3 Å². The number of para-hydroxylation sites is 2. The number of aromatic nitrogens is 2. The number of benzene rings is 2. The van der Waals surface area contributed by atoms with Crippen molar-refractivity contribution < 1.29 is 0 Å². The highest BCUT2D eigenvalue weighted by atomic mass is 15.1. The van der Waals surface area contributed by atoms with E-state index >= 15 is 0 Å². The lowest BCUT2D eigenvalue weighted by Crippen LogP contribution is -2.24. The van der Waals surface area contributed by atoms with Crippen molar-refractivity contribution in [3.8, 4) is 0 Å². The van der Waals surface area contributed by atoms with Gasteiger partial charge in [0.1, 0.15) is 5.82 Å². The van der Waals surface area contributed by atoms with Gasteiger partial charge in [-0.15, -0.1) is 0 Å². The van der Waals surface area contributed by atoms with Crippen molar-refractivity contribution in [2.24, 2.45) is 0 Å². The minimum Gasteiger partial charge on any atom is -0.399 e. The van der Waals surface area contributed by atoms with Crippen LogP contribution in [0.2, 0.25) is 0 Å². The van der Waals surface area contributed by atoms with Crippen LogP contribution in [-0.2, 0) is 12.0 Å². The normalized spacial score (nSPS) is 12.0. The fourth-order valence-electron chi connectivity index (χ4n) is 2.83. The Hall–Kier alpha value is -2.29. The second-order valence-corrected chi connectivity index (χ2v) is 6.44. The Morgan fingerprint density at radius 2 is 1.81 bits per heavy atom. The SMILES string of the molecule is CC(C)(C)n1c(Cc2cccc(N)c2)nc2ccccc21. The number of nitrogens with two attached hydrogens (primary N) is 1. The van der Waals surface area contributed by atoms with Crippen molar-refractivity contribution >= 4 is 16.7 Å². The van der Waals surface area contributed by atoms with Gasteiger partial charge in [0.25, 0.3) is 0 Å². The van der Waals surface area contributed by atoms with Gasteiger partial charge < -0.3 is 10.3 Å². The lowest BCUT2D eigenvalue weighted by Gasteiger charge is -2.24. The molecule has 3 rings (SSSR count). The predicted molar refractivity (Wildman–Crippen MR) is 88.4 cm³/mol. The first-order chi connectivity index (χ1) is 9.95. The summed E-state index contributed by atoms with van der Waals surface area (Å²) >= 11 is 0. The average Bonchev–Trinajstić information content (AvgIpc) is 2.76. The van der Waals surface area contributed by atoms with Crippen LogP contribution in [0.1, 0.15) is 32.2 Å². The van der Waals surface area contributed by atoms with Crippen molar-refractivity contribution in [2.75, 3.05) is 5.73 Å². The number of nitrogen functional groups attached to an aromatic ring is 1. The first kappa shape index (κ1) is 13.7. The number of hydrogen-bond donors (Lipinski definition) is 1. The van der Waals surface area contributed by atoms with Crippen LogP contribution in [0.3, 0.4) is 0 Å². The van der Waals surface area contributed by atoms with E-state index in [4.69, 9.17) is 10.7 Å². The second-order valence-electron chi connectivity index (χ2n) is 6.44. The maximum atomic E-state index is 5.88. The molecule has 0 bridgehead atoms. The Bertz CT molecular complexity index is 779. The number of fused-ring (bicyclic) bond motifs is 1. The summed E-state index contributed by atoms with van der Waals surface area (Å²) in [6.07, 6.45) is 0.789. The molecule has 3 aromatic rings. The third-order valence-electron chi connectivity index (χ3n) is 3.61. The van der Waals surface area contributed by atoms with Gasteiger partial charge in [0.15, 0.2) is 0 Å². The second kappa shape index (κ2) is 4.92. The van der Waals surface area contributed by atoms with Gasteiger partial charge in [-0.05, 0) is 50.6 Å². The molecule has 2 N–H and O–H groups in total. The molecule has 0 aliphatic carbocycles. The predicted octanol–water partition coefficient (Wildman–Crippen LogP) is 3.96. The molecule has 0 unspecified atom stereocenters. The summed E-state index contributed by atoms with van der Waals surface area (Å²) in [5.41, 5.74) is 10.1. The Morgan fingerprint density at radius 1 is 1.05 bits per heavy atom. The molecule has 0 fully saturated rings. The number of nitrogens with zero attached hydrogens (tertiary/aromatic N) is 2. The minimum atomic E-state index is -0.00817. The van der Waals surface area contributed by atoms with Crippen LogP contribution in [0.15, 0.2) is 48.5 Å². The molecule has 0 spiro atoms. The van der Waals surface area contributed by atoms with Crippen molar-refractivity contribution in [2.45, 2.75) is 32.7 Å². The smallest absolute Gasteiger partial charge is 0.114 e. The van der Waals surface area contributed by atoms with Crippen LogP contribution in [0.4, 0.5) is 5.69 Å². The van der Waals surface area contributed by atoms with E-state index in [9.17, 15) is 0 Å². The van der Waals surface area contributed by atoms with Crippen LogP contribution in [0.25, 0.3) is 11.0 Å². The first-order valence-electron chi connectivity index (χ1n) is 7.26. The summed E-state index contributed by atoms with van der Waals surface area (Å²) < 4.78 is 2.32. The van der Waals surface area contributed by atoms with Gasteiger partial charge in [-0.2, -0.15) is 0 Å². The fraction of sp³-hybridized carbons (Fsp3) is 0.278. The summed E-state index contributed by atoms with van der Waals surface area (Å²) in [4.78, 5) is 4.83. The highest BCUT2D eigenvalue weighted by Crippen LogP contribution is 2.26. The van der Waals surface area contributed by atoms with Crippen LogP contribution < -0.4 is 5.73 Å². The fourth-order valence-corrected chi connectivity index (χ4v) is 2.83. The molecular weight excluding hydrogens is 258 g/mol. The topological polar surface area (TPSA) is 43.8 Å². The third-order valence-corrected chi connectivity index (χ3v) is 3.61. The quantitative estimate of drug-likeness (QED) is 0.721. The van der Waals surface area contributed by atoms with E-state index < -0.39 is 0 Å². The maximum absolute atomic E-state index is 5.88. The molecule has 3 nitrogen and oxygen atoms in total. The molecule has 0 aliphatic heterocycles. The van der Waals surface area contributed by atoms with Crippen LogP contribution in [-0.4, -0.2) is 9.55 Å². The Labute approximate surface area is 125 Å². The molecule has 0 atom stereocenters. The van der Waals surface area contributed by atoms with Gasteiger partial charge >= 0.3 is 0 Å². The highest BCUT2D eigenvalue weighted by molar-refractivity contribution is 5.76. The third kappa shape index (κ3) is 2.64. The Kier molecular flexibility index (Phi) is 3.20. The number of imidazole rings is 1. The Morgan fingerprint density at radius 3 is 2.52 bits per heavy atom. The van der Waals surface area contributed by atoms with Crippen molar-refractivity contribution in [3.05, 3.63) is 59.9 Å². The molecule has 0 saturated carbocycles. The minimum absolute atomic E-state index is 0.00817. The van der Waals surface area contributed by atoms with Gasteiger partial charge in [0.2, 0.25) is 0 Å². The van der Waals surface area contributed by atoms with E-state index in [1.807, 2.05) is 24.3 Å². The average molecular weight is 279 g/mol. The van der Waals surface area contributed by atoms with Crippen molar-refractivity contribution in [1.29, 1.82) is 0 Å². The monoisotopic (exact) mass is 279 g/mol. The molecule has 2 aromatic carbocycles. The lowest BCUT2D eigenvalue weighted by molar-refractivity contribution is 0.396. The zero-order valence-electron chi connectivity index (χ0n) is 12.8. The molecule has 1 heterocycles.